The first-order valence-electron chi connectivity index (χ1n) is 9.24. The van der Waals surface area contributed by atoms with Crippen molar-refractivity contribution in [1.82, 2.24) is 10.2 Å². The third kappa shape index (κ3) is 5.09. The molecule has 1 unspecified atom stereocenters. The number of carbonyl (C=O) groups is 3. The van der Waals surface area contributed by atoms with Crippen LogP contribution in [0.15, 0.2) is 54.6 Å². The number of aliphatic carboxylic acids is 1. The quantitative estimate of drug-likeness (QED) is 0.741. The average Bonchev–Trinajstić information content (AvgIpc) is 2.73. The van der Waals surface area contributed by atoms with E-state index in [1.807, 2.05) is 30.3 Å². The molecular weight excluding hydrogens is 358 g/mol. The van der Waals surface area contributed by atoms with Crippen molar-refractivity contribution in [2.75, 3.05) is 18.4 Å². The minimum absolute atomic E-state index is 0.193. The largest absolute Gasteiger partial charge is 0.481 e. The fourth-order valence-electron chi connectivity index (χ4n) is 3.18. The number of nitrogens with zero attached hydrogens (tertiary/aromatic N) is 1. The zero-order chi connectivity index (χ0) is 19.9. The molecule has 2 aromatic rings. The Hall–Kier alpha value is -3.35. The summed E-state index contributed by atoms with van der Waals surface area (Å²) < 4.78 is 0. The summed E-state index contributed by atoms with van der Waals surface area (Å²) >= 11 is 0. The number of amides is 3. The SMILES string of the molecule is O=C(NCc1ccccc1)c1cccc(NC(=O)N2CCCC(C(=O)O)C2)c1. The molecule has 3 amide bonds. The molecule has 1 fully saturated rings. The molecule has 0 aliphatic carbocycles. The van der Waals surface area contributed by atoms with Crippen LogP contribution in [-0.2, 0) is 11.3 Å². The Morgan fingerprint density at radius 3 is 2.61 bits per heavy atom. The van der Waals surface area contributed by atoms with E-state index in [2.05, 4.69) is 10.6 Å². The Kier molecular flexibility index (Phi) is 6.26. The highest BCUT2D eigenvalue weighted by atomic mass is 16.4. The highest BCUT2D eigenvalue weighted by Crippen LogP contribution is 2.18. The number of piperidine rings is 1. The van der Waals surface area contributed by atoms with Crippen molar-refractivity contribution in [3.8, 4) is 0 Å². The number of anilines is 1. The van der Waals surface area contributed by atoms with Crippen molar-refractivity contribution in [1.29, 1.82) is 0 Å². The second-order valence-corrected chi connectivity index (χ2v) is 6.80. The lowest BCUT2D eigenvalue weighted by Crippen LogP contribution is -2.44. The number of nitrogens with one attached hydrogen (secondary N) is 2. The molecule has 2 aromatic carbocycles. The molecule has 0 bridgehead atoms. The van der Waals surface area contributed by atoms with Gasteiger partial charge in [0.05, 0.1) is 5.92 Å². The molecule has 0 radical (unpaired) electrons. The van der Waals surface area contributed by atoms with Crippen LogP contribution in [0.3, 0.4) is 0 Å². The smallest absolute Gasteiger partial charge is 0.321 e. The van der Waals surface area contributed by atoms with Crippen molar-refractivity contribution in [2.45, 2.75) is 19.4 Å². The Labute approximate surface area is 163 Å². The summed E-state index contributed by atoms with van der Waals surface area (Å²) in [5.41, 5.74) is 1.93. The van der Waals surface area contributed by atoms with E-state index in [-0.39, 0.29) is 18.5 Å². The van der Waals surface area contributed by atoms with Crippen LogP contribution in [0.4, 0.5) is 10.5 Å². The molecule has 28 heavy (non-hydrogen) atoms. The van der Waals surface area contributed by atoms with Gasteiger partial charge in [0.25, 0.3) is 5.91 Å². The lowest BCUT2D eigenvalue weighted by Gasteiger charge is -2.30. The van der Waals surface area contributed by atoms with E-state index in [1.165, 1.54) is 4.90 Å². The molecule has 0 aromatic heterocycles. The summed E-state index contributed by atoms with van der Waals surface area (Å²) in [4.78, 5) is 37.5. The van der Waals surface area contributed by atoms with Gasteiger partial charge in [0.2, 0.25) is 0 Å². The van der Waals surface area contributed by atoms with Gasteiger partial charge >= 0.3 is 12.0 Å². The first-order chi connectivity index (χ1) is 13.5. The number of hydrogen-bond donors (Lipinski definition) is 3. The predicted molar refractivity (Wildman–Crippen MR) is 105 cm³/mol. The lowest BCUT2D eigenvalue weighted by atomic mass is 9.99. The molecular formula is C21H23N3O4. The van der Waals surface area contributed by atoms with Gasteiger partial charge in [-0.1, -0.05) is 36.4 Å². The van der Waals surface area contributed by atoms with Gasteiger partial charge in [-0.3, -0.25) is 9.59 Å². The Morgan fingerprint density at radius 2 is 1.86 bits per heavy atom. The van der Waals surface area contributed by atoms with Gasteiger partial charge in [0, 0.05) is 30.9 Å². The van der Waals surface area contributed by atoms with Crippen molar-refractivity contribution in [2.24, 2.45) is 5.92 Å². The van der Waals surface area contributed by atoms with Crippen LogP contribution in [0, 0.1) is 5.92 Å². The third-order valence-corrected chi connectivity index (χ3v) is 4.73. The molecule has 1 atom stereocenters. The number of benzene rings is 2. The van der Waals surface area contributed by atoms with Crippen LogP contribution in [0.5, 0.6) is 0 Å². The van der Waals surface area contributed by atoms with Crippen LogP contribution >= 0.6 is 0 Å². The summed E-state index contributed by atoms with van der Waals surface area (Å²) in [5, 5.41) is 14.8. The van der Waals surface area contributed by atoms with Crippen LogP contribution < -0.4 is 10.6 Å². The van der Waals surface area contributed by atoms with E-state index in [9.17, 15) is 14.4 Å². The highest BCUT2D eigenvalue weighted by molar-refractivity contribution is 5.97. The molecule has 7 heteroatoms. The number of hydrogen-bond acceptors (Lipinski definition) is 3. The van der Waals surface area contributed by atoms with E-state index in [0.29, 0.717) is 37.2 Å². The highest BCUT2D eigenvalue weighted by Gasteiger charge is 2.28. The normalized spacial score (nSPS) is 16.3. The number of rotatable bonds is 5. The molecule has 1 aliphatic heterocycles. The Morgan fingerprint density at radius 1 is 1.07 bits per heavy atom. The van der Waals surface area contributed by atoms with Gasteiger partial charge < -0.3 is 20.6 Å². The van der Waals surface area contributed by atoms with Gasteiger partial charge in [-0.05, 0) is 36.6 Å². The van der Waals surface area contributed by atoms with Gasteiger partial charge in [-0.25, -0.2) is 4.79 Å². The number of carboxylic acids is 1. The molecule has 3 N–H and O–H groups in total. The minimum Gasteiger partial charge on any atom is -0.481 e. The van der Waals surface area contributed by atoms with Crippen molar-refractivity contribution >= 4 is 23.6 Å². The van der Waals surface area contributed by atoms with Gasteiger partial charge in [-0.15, -0.1) is 0 Å². The van der Waals surface area contributed by atoms with Crippen LogP contribution in [0.25, 0.3) is 0 Å². The third-order valence-electron chi connectivity index (χ3n) is 4.73. The van der Waals surface area contributed by atoms with Crippen molar-refractivity contribution in [3.05, 3.63) is 65.7 Å². The summed E-state index contributed by atoms with van der Waals surface area (Å²) in [6.45, 7) is 1.13. The second kappa shape index (κ2) is 9.03. The van der Waals surface area contributed by atoms with E-state index < -0.39 is 11.9 Å². The van der Waals surface area contributed by atoms with Crippen LogP contribution in [-0.4, -0.2) is 41.0 Å². The number of likely N-dealkylation sites (tertiary alicyclic amines) is 1. The van der Waals surface area contributed by atoms with E-state index in [0.717, 1.165) is 5.56 Å². The van der Waals surface area contributed by atoms with Crippen LogP contribution in [0.2, 0.25) is 0 Å². The summed E-state index contributed by atoms with van der Waals surface area (Å²) in [6.07, 6.45) is 1.24. The fourth-order valence-corrected chi connectivity index (χ4v) is 3.18. The molecule has 1 saturated heterocycles. The fraction of sp³-hybridized carbons (Fsp3) is 0.286. The zero-order valence-electron chi connectivity index (χ0n) is 15.4. The molecule has 146 valence electrons. The summed E-state index contributed by atoms with van der Waals surface area (Å²) in [7, 11) is 0. The van der Waals surface area contributed by atoms with E-state index in [1.54, 1.807) is 24.3 Å². The van der Waals surface area contributed by atoms with E-state index in [4.69, 9.17) is 5.11 Å². The zero-order valence-corrected chi connectivity index (χ0v) is 15.4. The molecule has 0 spiro atoms. The van der Waals surface area contributed by atoms with Gasteiger partial charge in [0.1, 0.15) is 0 Å². The average molecular weight is 381 g/mol. The topological polar surface area (TPSA) is 98.7 Å². The molecule has 3 rings (SSSR count). The lowest BCUT2D eigenvalue weighted by molar-refractivity contribution is -0.143. The standard InChI is InChI=1S/C21H23N3O4/c25-19(22-13-15-6-2-1-3-7-15)16-8-4-10-18(12-16)23-21(28)24-11-5-9-17(14-24)20(26)27/h1-4,6-8,10,12,17H,5,9,11,13-14H2,(H,22,25)(H,23,28)(H,26,27). The monoisotopic (exact) mass is 381 g/mol. The first-order valence-corrected chi connectivity index (χ1v) is 9.24. The second-order valence-electron chi connectivity index (χ2n) is 6.80. The molecule has 0 saturated carbocycles. The van der Waals surface area contributed by atoms with Crippen molar-refractivity contribution in [3.63, 3.8) is 0 Å². The van der Waals surface area contributed by atoms with Crippen molar-refractivity contribution < 1.29 is 19.5 Å². The Balaban J connectivity index is 1.58. The number of carbonyl (C=O) groups excluding carboxylic acids is 2. The van der Waals surface area contributed by atoms with Gasteiger partial charge in [-0.2, -0.15) is 0 Å². The maximum Gasteiger partial charge on any atom is 0.321 e. The summed E-state index contributed by atoms with van der Waals surface area (Å²) in [5.74, 6) is -1.65. The maximum atomic E-state index is 12.4. The molecule has 1 heterocycles. The Bertz CT molecular complexity index is 854. The molecule has 7 nitrogen and oxygen atoms in total. The van der Waals surface area contributed by atoms with Crippen LogP contribution in [0.1, 0.15) is 28.8 Å². The maximum absolute atomic E-state index is 12.4. The number of urea groups is 1. The predicted octanol–water partition coefficient (Wildman–Crippen LogP) is 2.95. The minimum atomic E-state index is -0.880. The van der Waals surface area contributed by atoms with Gasteiger partial charge in [0.15, 0.2) is 0 Å². The summed E-state index contributed by atoms with van der Waals surface area (Å²) in [6, 6.07) is 15.9. The number of carboxylic acid groups (broad SMARTS) is 1. The molecule has 1 aliphatic rings. The first kappa shape index (κ1) is 19.4. The van der Waals surface area contributed by atoms with E-state index >= 15 is 0 Å².